The van der Waals surface area contributed by atoms with Crippen LogP contribution in [0.25, 0.3) is 0 Å². The number of hydrogen-bond acceptors (Lipinski definition) is 18. The van der Waals surface area contributed by atoms with Crippen LogP contribution in [-0.2, 0) is 38.0 Å². The van der Waals surface area contributed by atoms with Crippen molar-refractivity contribution in [3.63, 3.8) is 0 Å². The topological polar surface area (TPSA) is 284 Å². The zero-order valence-corrected chi connectivity index (χ0v) is 38.9. The van der Waals surface area contributed by atoms with Crippen molar-refractivity contribution < 1.29 is 89.0 Å². The summed E-state index contributed by atoms with van der Waals surface area (Å²) >= 11 is 0. The second kappa shape index (κ2) is 16.0. The number of hydrogen-bond donors (Lipinski definition) is 10. The number of aliphatic hydroxyl groups excluding tert-OH is 9. The zero-order chi connectivity index (χ0) is 47.4. The normalized spacial score (nSPS) is 57.4. The molecule has 0 amide bonds. The first-order chi connectivity index (χ1) is 30.2. The summed E-state index contributed by atoms with van der Waals surface area (Å²) in [6.45, 7) is 15.3. The predicted octanol–water partition coefficient (Wildman–Crippen LogP) is 0.0534. The van der Waals surface area contributed by atoms with Crippen molar-refractivity contribution in [1.82, 2.24) is 0 Å². The van der Waals surface area contributed by atoms with Crippen LogP contribution < -0.4 is 0 Å². The summed E-state index contributed by atoms with van der Waals surface area (Å²) in [6, 6.07) is 0. The van der Waals surface area contributed by atoms with Crippen molar-refractivity contribution in [1.29, 1.82) is 0 Å². The van der Waals surface area contributed by atoms with Gasteiger partial charge >= 0.3 is 5.97 Å². The molecule has 0 aromatic rings. The third-order valence-corrected chi connectivity index (χ3v) is 19.6. The molecule has 0 aromatic carbocycles. The third kappa shape index (κ3) is 6.74. The average Bonchev–Trinajstić information content (AvgIpc) is 3.24. The molecule has 18 nitrogen and oxygen atoms in total. The minimum absolute atomic E-state index is 0.0582. The molecule has 1 spiro atoms. The van der Waals surface area contributed by atoms with Gasteiger partial charge in [-0.2, -0.15) is 0 Å². The van der Waals surface area contributed by atoms with Crippen LogP contribution in [0.4, 0.5) is 0 Å². The smallest absolute Gasteiger partial charge is 0.317 e. The van der Waals surface area contributed by atoms with Gasteiger partial charge in [-0.1, -0.05) is 34.6 Å². The van der Waals surface area contributed by atoms with Crippen LogP contribution in [0.1, 0.15) is 113 Å². The Morgan fingerprint density at radius 2 is 1.31 bits per heavy atom. The van der Waals surface area contributed by atoms with E-state index in [1.165, 1.54) is 6.92 Å². The lowest BCUT2D eigenvalue weighted by Gasteiger charge is -2.73. The van der Waals surface area contributed by atoms with Crippen LogP contribution in [0.5, 0.6) is 0 Å². The van der Waals surface area contributed by atoms with Gasteiger partial charge in [-0.15, -0.1) is 0 Å². The number of aliphatic hydroxyl groups is 10. The van der Waals surface area contributed by atoms with Gasteiger partial charge in [0.25, 0.3) is 0 Å². The molecule has 10 aliphatic rings. The van der Waals surface area contributed by atoms with Crippen LogP contribution in [0.15, 0.2) is 11.1 Å². The molecule has 10 N–H and O–H groups in total. The van der Waals surface area contributed by atoms with Crippen molar-refractivity contribution in [2.45, 2.75) is 223 Å². The van der Waals surface area contributed by atoms with E-state index in [9.17, 15) is 55.9 Å². The van der Waals surface area contributed by atoms with E-state index in [0.717, 1.165) is 18.4 Å². The highest BCUT2D eigenvalue weighted by Crippen LogP contribution is 2.77. The Morgan fingerprint density at radius 3 is 1.97 bits per heavy atom. The van der Waals surface area contributed by atoms with Gasteiger partial charge in [0.2, 0.25) is 0 Å². The molecule has 65 heavy (non-hydrogen) atoms. The number of ether oxygens (including phenoxy) is 7. The summed E-state index contributed by atoms with van der Waals surface area (Å²) in [7, 11) is 0. The van der Waals surface area contributed by atoms with Crippen LogP contribution in [0.3, 0.4) is 0 Å². The molecule has 2 bridgehead atoms. The van der Waals surface area contributed by atoms with Gasteiger partial charge in [-0.05, 0) is 123 Å². The Labute approximate surface area is 380 Å². The monoisotopic (exact) mass is 926 g/mol. The highest BCUT2D eigenvalue weighted by atomic mass is 16.8. The quantitative estimate of drug-likeness (QED) is 0.0918. The fraction of sp³-hybridized carbons (Fsp3) is 0.936. The fourth-order valence-electron chi connectivity index (χ4n) is 15.3. The molecule has 370 valence electrons. The molecule has 5 aliphatic carbocycles. The zero-order valence-electron chi connectivity index (χ0n) is 38.9. The molecular formula is C47H74O18. The van der Waals surface area contributed by atoms with E-state index in [1.807, 2.05) is 6.92 Å². The van der Waals surface area contributed by atoms with Gasteiger partial charge in [-0.25, -0.2) is 0 Å². The Hall–Kier alpha value is -1.43. The van der Waals surface area contributed by atoms with E-state index in [4.69, 9.17) is 33.2 Å². The van der Waals surface area contributed by atoms with Crippen LogP contribution in [0.2, 0.25) is 0 Å². The van der Waals surface area contributed by atoms with Gasteiger partial charge in [0.15, 0.2) is 18.9 Å². The van der Waals surface area contributed by atoms with Crippen molar-refractivity contribution >= 4 is 5.97 Å². The fourth-order valence-corrected chi connectivity index (χ4v) is 15.3. The maximum atomic E-state index is 13.8. The first-order valence-electron chi connectivity index (χ1n) is 23.9. The van der Waals surface area contributed by atoms with Gasteiger partial charge in [0.05, 0.1) is 36.9 Å². The molecule has 0 radical (unpaired) electrons. The third-order valence-electron chi connectivity index (χ3n) is 19.6. The molecule has 10 rings (SSSR count). The Balaban J connectivity index is 1.01. The van der Waals surface area contributed by atoms with E-state index in [-0.39, 0.29) is 35.2 Å². The Bertz CT molecular complexity index is 1880. The summed E-state index contributed by atoms with van der Waals surface area (Å²) < 4.78 is 43.0. The van der Waals surface area contributed by atoms with E-state index in [2.05, 4.69) is 34.6 Å². The van der Waals surface area contributed by atoms with Gasteiger partial charge < -0.3 is 84.2 Å². The van der Waals surface area contributed by atoms with Crippen molar-refractivity contribution in [3.8, 4) is 0 Å². The van der Waals surface area contributed by atoms with E-state index >= 15 is 0 Å². The summed E-state index contributed by atoms with van der Waals surface area (Å²) in [5.41, 5.74) is -3.57. The SMILES string of the molecule is C[C@@H]1O[C@@H](OC2C(O[C@H]3CC[C@@]4(C)C(CC[C@]5(C)C4C[C@@H](O)C4=C6C7(CCC(C)(OC7=O)[C@@]6(C)O)CCC45C)C3(C)C)OC[C@H](O)[C@@H]2OC2O[C@H](CO)C(O)[C@H](O)C2O)[C@H](O)[C@H](O)C1O. The van der Waals surface area contributed by atoms with E-state index < -0.39 is 132 Å². The Morgan fingerprint density at radius 1 is 0.677 bits per heavy atom. The lowest BCUT2D eigenvalue weighted by atomic mass is 9.33. The predicted molar refractivity (Wildman–Crippen MR) is 224 cm³/mol. The number of fused-ring (bicyclic) bond motifs is 7. The summed E-state index contributed by atoms with van der Waals surface area (Å²) in [4.78, 5) is 13.8. The minimum atomic E-state index is -1.82. The first-order valence-corrected chi connectivity index (χ1v) is 23.9. The molecule has 9 fully saturated rings. The lowest BCUT2D eigenvalue weighted by Crippen LogP contribution is -2.72. The molecule has 4 saturated carbocycles. The summed E-state index contributed by atoms with van der Waals surface area (Å²) in [5.74, 6) is -0.158. The molecule has 5 saturated heterocycles. The minimum Gasteiger partial charge on any atom is -0.455 e. The number of rotatable bonds is 7. The standard InChI is InChI=1S/C47H74O18/c1-20-28(51)30(53)32(55)37(60-20)64-35-34(63-38-33(56)31(54)29(52)23(18-48)61-38)22(50)19-59-39(35)62-26-10-11-42(4)24(41(26,2)3)9-12-43(5)25(42)17-21(49)27-36-46(8,58)45(7)14-16-47(36,40(57)65-45)15-13-44(27,43)6/h20-26,28-35,37-39,48-56,58H,9-19H2,1-8H3/t20-,21+,22-,23+,24?,25?,26-,28?,29?,30+,31-,32+,33?,34-,35?,37-,38?,39?,42-,43+,44?,45?,46-,47?/m0/s1. The summed E-state index contributed by atoms with van der Waals surface area (Å²) in [6.07, 6.45) is -17.0. The first kappa shape index (κ1) is 48.6. The van der Waals surface area contributed by atoms with Crippen molar-refractivity contribution in [2.75, 3.05) is 13.2 Å². The van der Waals surface area contributed by atoms with Crippen LogP contribution in [-0.4, -0.2) is 180 Å². The number of carbonyl (C=O) groups is 1. The average molecular weight is 927 g/mol. The highest BCUT2D eigenvalue weighted by Gasteiger charge is 2.75. The van der Waals surface area contributed by atoms with Gasteiger partial charge in [0.1, 0.15) is 72.2 Å². The lowest BCUT2D eigenvalue weighted by molar-refractivity contribution is -0.388. The van der Waals surface area contributed by atoms with Crippen molar-refractivity contribution in [2.24, 2.45) is 38.9 Å². The molecular weight excluding hydrogens is 852 g/mol. The van der Waals surface area contributed by atoms with Crippen LogP contribution in [0, 0.1) is 38.9 Å². The summed E-state index contributed by atoms with van der Waals surface area (Å²) in [5, 5.41) is 110. The molecule has 5 aliphatic heterocycles. The maximum absolute atomic E-state index is 13.8. The van der Waals surface area contributed by atoms with Crippen LogP contribution >= 0.6 is 0 Å². The molecule has 24 atom stereocenters. The molecule has 11 unspecified atom stereocenters. The second-order valence-corrected chi connectivity index (χ2v) is 23.0. The molecule has 18 heteroatoms. The van der Waals surface area contributed by atoms with E-state index in [1.54, 1.807) is 6.92 Å². The highest BCUT2D eigenvalue weighted by molar-refractivity contribution is 5.86. The van der Waals surface area contributed by atoms with Gasteiger partial charge in [-0.3, -0.25) is 4.79 Å². The second-order valence-electron chi connectivity index (χ2n) is 23.0. The largest absolute Gasteiger partial charge is 0.455 e. The van der Waals surface area contributed by atoms with Gasteiger partial charge in [0, 0.05) is 0 Å². The number of carbonyl (C=O) groups excluding carboxylic acids is 1. The van der Waals surface area contributed by atoms with E-state index in [0.29, 0.717) is 50.5 Å². The number of esters is 1. The van der Waals surface area contributed by atoms with Crippen molar-refractivity contribution in [3.05, 3.63) is 11.1 Å². The molecule has 5 heterocycles. The molecule has 0 aromatic heterocycles. The maximum Gasteiger partial charge on any atom is 0.317 e. The Kier molecular flexibility index (Phi) is 12.0.